The first-order valence-electron chi connectivity index (χ1n) is 7.36. The van der Waals surface area contributed by atoms with E-state index in [1.165, 1.54) is 11.1 Å². The summed E-state index contributed by atoms with van der Waals surface area (Å²) >= 11 is 0. The molecule has 0 bridgehead atoms. The summed E-state index contributed by atoms with van der Waals surface area (Å²) in [6.45, 7) is 2.14. The SMILES string of the molecule is CO[C@H]1C=CC2=CCN3CCC(CO)=C(CCO)[C@]23C1. The zero-order valence-electron chi connectivity index (χ0n) is 12.0. The molecule has 110 valence electrons. The molecule has 0 radical (unpaired) electrons. The number of hydrogen-bond acceptors (Lipinski definition) is 4. The number of ether oxygens (including phenoxy) is 1. The molecule has 0 amide bonds. The van der Waals surface area contributed by atoms with Gasteiger partial charge < -0.3 is 14.9 Å². The summed E-state index contributed by atoms with van der Waals surface area (Å²) in [7, 11) is 1.74. The first kappa shape index (κ1) is 14.0. The second kappa shape index (κ2) is 5.45. The fourth-order valence-electron chi connectivity index (χ4n) is 4.05. The van der Waals surface area contributed by atoms with Crippen molar-refractivity contribution in [3.05, 3.63) is 34.9 Å². The first-order chi connectivity index (χ1) is 9.76. The van der Waals surface area contributed by atoms with E-state index in [0.29, 0.717) is 6.42 Å². The van der Waals surface area contributed by atoms with Gasteiger partial charge in [0.1, 0.15) is 0 Å². The second-order valence-corrected chi connectivity index (χ2v) is 5.77. The quantitative estimate of drug-likeness (QED) is 0.753. The largest absolute Gasteiger partial charge is 0.396 e. The van der Waals surface area contributed by atoms with Crippen LogP contribution in [0.4, 0.5) is 0 Å². The lowest BCUT2D eigenvalue weighted by atomic mass is 9.70. The van der Waals surface area contributed by atoms with Crippen LogP contribution in [0.15, 0.2) is 34.9 Å². The van der Waals surface area contributed by atoms with Crippen molar-refractivity contribution in [2.24, 2.45) is 0 Å². The Hall–Kier alpha value is -0.940. The molecule has 0 aromatic heterocycles. The summed E-state index contributed by atoms with van der Waals surface area (Å²) < 4.78 is 5.55. The summed E-state index contributed by atoms with van der Waals surface area (Å²) in [5, 5.41) is 19.2. The van der Waals surface area contributed by atoms with E-state index in [4.69, 9.17) is 4.74 Å². The number of methoxy groups -OCH3 is 1. The zero-order valence-corrected chi connectivity index (χ0v) is 12.0. The molecular formula is C16H23NO3. The van der Waals surface area contributed by atoms with Gasteiger partial charge in [0.25, 0.3) is 0 Å². The Morgan fingerprint density at radius 2 is 2.30 bits per heavy atom. The monoisotopic (exact) mass is 277 g/mol. The molecule has 0 fully saturated rings. The normalized spacial score (nSPS) is 33.1. The second-order valence-electron chi connectivity index (χ2n) is 5.77. The van der Waals surface area contributed by atoms with Crippen LogP contribution in [0.1, 0.15) is 19.3 Å². The van der Waals surface area contributed by atoms with Crippen molar-refractivity contribution in [3.8, 4) is 0 Å². The van der Waals surface area contributed by atoms with Gasteiger partial charge in [0.15, 0.2) is 0 Å². The van der Waals surface area contributed by atoms with E-state index in [1.807, 2.05) is 0 Å². The van der Waals surface area contributed by atoms with E-state index in [9.17, 15) is 10.2 Å². The van der Waals surface area contributed by atoms with Crippen LogP contribution < -0.4 is 0 Å². The molecule has 1 aliphatic carbocycles. The van der Waals surface area contributed by atoms with Crippen molar-refractivity contribution in [1.29, 1.82) is 0 Å². The lowest BCUT2D eigenvalue weighted by Gasteiger charge is -2.49. The van der Waals surface area contributed by atoms with Gasteiger partial charge in [-0.3, -0.25) is 4.90 Å². The minimum absolute atomic E-state index is 0.0967. The number of aliphatic hydroxyl groups excluding tert-OH is 2. The van der Waals surface area contributed by atoms with Crippen LogP contribution in [-0.4, -0.2) is 60.2 Å². The van der Waals surface area contributed by atoms with Crippen LogP contribution in [0.2, 0.25) is 0 Å². The van der Waals surface area contributed by atoms with Gasteiger partial charge in [-0.05, 0) is 29.6 Å². The van der Waals surface area contributed by atoms with Gasteiger partial charge >= 0.3 is 0 Å². The highest BCUT2D eigenvalue weighted by atomic mass is 16.5. The van der Waals surface area contributed by atoms with Crippen LogP contribution in [0.5, 0.6) is 0 Å². The number of hydrogen-bond donors (Lipinski definition) is 2. The molecule has 4 heteroatoms. The van der Waals surface area contributed by atoms with Crippen LogP contribution in [0.25, 0.3) is 0 Å². The molecule has 0 saturated carbocycles. The lowest BCUT2D eigenvalue weighted by Crippen LogP contribution is -2.54. The van der Waals surface area contributed by atoms with Gasteiger partial charge in [-0.2, -0.15) is 0 Å². The Morgan fingerprint density at radius 3 is 3.00 bits per heavy atom. The van der Waals surface area contributed by atoms with Crippen molar-refractivity contribution < 1.29 is 14.9 Å². The first-order valence-corrected chi connectivity index (χ1v) is 7.36. The molecule has 2 heterocycles. The molecule has 0 aromatic carbocycles. The average Bonchev–Trinajstić information content (AvgIpc) is 2.86. The van der Waals surface area contributed by atoms with Crippen LogP contribution in [0, 0.1) is 0 Å². The molecule has 4 nitrogen and oxygen atoms in total. The van der Waals surface area contributed by atoms with Crippen molar-refractivity contribution >= 4 is 0 Å². The minimum Gasteiger partial charge on any atom is -0.396 e. The molecular weight excluding hydrogens is 254 g/mol. The Balaban J connectivity index is 2.09. The fourth-order valence-corrected chi connectivity index (χ4v) is 4.05. The van der Waals surface area contributed by atoms with Crippen molar-refractivity contribution in [3.63, 3.8) is 0 Å². The van der Waals surface area contributed by atoms with Crippen molar-refractivity contribution in [1.82, 2.24) is 4.90 Å². The van der Waals surface area contributed by atoms with Crippen LogP contribution in [-0.2, 0) is 4.74 Å². The number of aliphatic hydroxyl groups is 2. The maximum atomic E-state index is 9.69. The molecule has 0 saturated heterocycles. The molecule has 3 rings (SSSR count). The maximum Gasteiger partial charge on any atom is 0.0779 e. The van der Waals surface area contributed by atoms with E-state index in [2.05, 4.69) is 23.1 Å². The summed E-state index contributed by atoms with van der Waals surface area (Å²) in [5.41, 5.74) is 3.46. The third-order valence-electron chi connectivity index (χ3n) is 5.00. The summed E-state index contributed by atoms with van der Waals surface area (Å²) in [6, 6.07) is 0. The highest BCUT2D eigenvalue weighted by Gasteiger charge is 2.50. The third kappa shape index (κ3) is 1.91. The Morgan fingerprint density at radius 1 is 1.45 bits per heavy atom. The molecule has 0 aromatic rings. The highest BCUT2D eigenvalue weighted by Crippen LogP contribution is 2.49. The van der Waals surface area contributed by atoms with Crippen molar-refractivity contribution in [2.45, 2.75) is 30.9 Å². The van der Waals surface area contributed by atoms with E-state index >= 15 is 0 Å². The van der Waals surface area contributed by atoms with Crippen molar-refractivity contribution in [2.75, 3.05) is 33.4 Å². The van der Waals surface area contributed by atoms with Gasteiger partial charge in [0, 0.05) is 33.2 Å². The third-order valence-corrected chi connectivity index (χ3v) is 5.00. The lowest BCUT2D eigenvalue weighted by molar-refractivity contribution is 0.0655. The van der Waals surface area contributed by atoms with Gasteiger partial charge in [0.2, 0.25) is 0 Å². The number of nitrogens with zero attached hydrogens (tertiary/aromatic N) is 1. The molecule has 2 atom stereocenters. The summed E-state index contributed by atoms with van der Waals surface area (Å²) in [4.78, 5) is 2.47. The minimum atomic E-state index is -0.158. The summed E-state index contributed by atoms with van der Waals surface area (Å²) in [6.07, 6.45) is 9.06. The van der Waals surface area contributed by atoms with E-state index in [1.54, 1.807) is 7.11 Å². The summed E-state index contributed by atoms with van der Waals surface area (Å²) in [5.74, 6) is 0. The molecule has 0 unspecified atom stereocenters. The molecule has 20 heavy (non-hydrogen) atoms. The fraction of sp³-hybridized carbons (Fsp3) is 0.625. The predicted molar refractivity (Wildman–Crippen MR) is 77.4 cm³/mol. The Kier molecular flexibility index (Phi) is 3.82. The molecule has 2 aliphatic heterocycles. The smallest absolute Gasteiger partial charge is 0.0779 e. The standard InChI is InChI=1S/C16H23NO3/c1-20-14-3-2-13-5-8-17-7-4-12(11-19)15(6-9-18)16(13,17)10-14/h2-3,5,14,18-19H,4,6-11H2,1H3/t14-,16-/m0/s1. The van der Waals surface area contributed by atoms with E-state index in [-0.39, 0.29) is 24.9 Å². The Labute approximate surface area is 120 Å². The van der Waals surface area contributed by atoms with E-state index < -0.39 is 0 Å². The van der Waals surface area contributed by atoms with Crippen LogP contribution >= 0.6 is 0 Å². The highest BCUT2D eigenvalue weighted by molar-refractivity contribution is 5.51. The molecule has 2 N–H and O–H groups in total. The zero-order chi connectivity index (χ0) is 14.2. The van der Waals surface area contributed by atoms with Crippen LogP contribution in [0.3, 0.4) is 0 Å². The molecule has 1 spiro atoms. The van der Waals surface area contributed by atoms with Gasteiger partial charge in [-0.25, -0.2) is 0 Å². The maximum absolute atomic E-state index is 9.69. The Bertz CT molecular complexity index is 480. The van der Waals surface area contributed by atoms with E-state index in [0.717, 1.165) is 31.5 Å². The van der Waals surface area contributed by atoms with Gasteiger partial charge in [0.05, 0.1) is 18.2 Å². The van der Waals surface area contributed by atoms with Gasteiger partial charge in [-0.1, -0.05) is 18.2 Å². The predicted octanol–water partition coefficient (Wildman–Crippen LogP) is 1.02. The molecule has 3 aliphatic rings. The van der Waals surface area contributed by atoms with Gasteiger partial charge in [-0.15, -0.1) is 0 Å². The average molecular weight is 277 g/mol. The topological polar surface area (TPSA) is 52.9 Å². The number of rotatable bonds is 4.